The maximum Gasteiger partial charge on any atom is 0.196 e. The quantitative estimate of drug-likeness (QED) is 0.705. The average molecular weight is 295 g/mol. The largest absolute Gasteiger partial charge is 0.333 e. The molecule has 0 aliphatic heterocycles. The second-order valence-electron chi connectivity index (χ2n) is 4.93. The summed E-state index contributed by atoms with van der Waals surface area (Å²) in [5.74, 6) is 0. The first-order valence-corrected chi connectivity index (χ1v) is 7.31. The van der Waals surface area contributed by atoms with E-state index in [1.807, 2.05) is 48.0 Å². The Hall–Kier alpha value is -2.33. The van der Waals surface area contributed by atoms with Gasteiger partial charge in [0.2, 0.25) is 0 Å². The molecule has 2 N–H and O–H groups in total. The molecule has 21 heavy (non-hydrogen) atoms. The maximum atomic E-state index is 5.42. The maximum absolute atomic E-state index is 5.42. The molecule has 3 rings (SSSR count). The lowest BCUT2D eigenvalue weighted by molar-refractivity contribution is 0.832. The van der Waals surface area contributed by atoms with Crippen LogP contribution in [0.25, 0.3) is 11.3 Å². The number of imidazole rings is 1. The van der Waals surface area contributed by atoms with Crippen LogP contribution in [0.4, 0.5) is 0 Å². The van der Waals surface area contributed by atoms with Gasteiger partial charge in [0.05, 0.1) is 12.2 Å². The Bertz CT molecular complexity index is 773. The van der Waals surface area contributed by atoms with E-state index >= 15 is 0 Å². The van der Waals surface area contributed by atoms with Crippen LogP contribution in [0.1, 0.15) is 11.3 Å². The number of hydrogen-bond donors (Lipinski definition) is 2. The highest BCUT2D eigenvalue weighted by atomic mass is 32.1. The molecule has 2 aromatic carbocycles. The zero-order valence-corrected chi connectivity index (χ0v) is 12.7. The van der Waals surface area contributed by atoms with Crippen molar-refractivity contribution in [1.82, 2.24) is 9.66 Å². The van der Waals surface area contributed by atoms with Gasteiger partial charge in [-0.3, -0.25) is 0 Å². The van der Waals surface area contributed by atoms with Crippen molar-refractivity contribution in [1.29, 1.82) is 0 Å². The van der Waals surface area contributed by atoms with Gasteiger partial charge in [0.15, 0.2) is 4.77 Å². The highest BCUT2D eigenvalue weighted by molar-refractivity contribution is 7.71. The van der Waals surface area contributed by atoms with Crippen LogP contribution in [0.2, 0.25) is 0 Å². The first-order chi connectivity index (χ1) is 10.3. The lowest BCUT2D eigenvalue weighted by atomic mass is 10.1. The van der Waals surface area contributed by atoms with Gasteiger partial charge >= 0.3 is 0 Å². The summed E-state index contributed by atoms with van der Waals surface area (Å²) in [5.41, 5.74) is 7.90. The summed E-state index contributed by atoms with van der Waals surface area (Å²) >= 11 is 5.42. The number of H-pyrrole nitrogens is 1. The van der Waals surface area contributed by atoms with E-state index in [1.165, 1.54) is 5.56 Å². The molecule has 0 saturated heterocycles. The normalized spacial score (nSPS) is 10.5. The van der Waals surface area contributed by atoms with Gasteiger partial charge in [-0.2, -0.15) is 0 Å². The smallest absolute Gasteiger partial charge is 0.196 e. The SMILES string of the molecule is Cc1[nH]c(=S)n(NCc2ccccc2)c1-c1ccccc1. The third-order valence-corrected chi connectivity index (χ3v) is 3.69. The van der Waals surface area contributed by atoms with Crippen molar-refractivity contribution in [2.45, 2.75) is 13.5 Å². The molecule has 0 amide bonds. The molecule has 1 aromatic heterocycles. The Morgan fingerprint density at radius 3 is 2.29 bits per heavy atom. The number of aromatic amines is 1. The fraction of sp³-hybridized carbons (Fsp3) is 0.118. The number of aryl methyl sites for hydroxylation is 1. The summed E-state index contributed by atoms with van der Waals surface area (Å²) in [6.45, 7) is 2.77. The van der Waals surface area contributed by atoms with Gasteiger partial charge in [0.1, 0.15) is 0 Å². The van der Waals surface area contributed by atoms with Crippen LogP contribution in [0.3, 0.4) is 0 Å². The summed E-state index contributed by atoms with van der Waals surface area (Å²) in [4.78, 5) is 3.23. The molecular formula is C17H17N3S. The number of rotatable bonds is 4. The van der Waals surface area contributed by atoms with E-state index in [2.05, 4.69) is 34.7 Å². The molecule has 3 nitrogen and oxygen atoms in total. The number of nitrogens with one attached hydrogen (secondary N) is 2. The summed E-state index contributed by atoms with van der Waals surface area (Å²) in [5, 5.41) is 0. The van der Waals surface area contributed by atoms with Crippen molar-refractivity contribution in [3.63, 3.8) is 0 Å². The van der Waals surface area contributed by atoms with Gasteiger partial charge in [-0.05, 0) is 24.7 Å². The van der Waals surface area contributed by atoms with Gasteiger partial charge in [-0.1, -0.05) is 60.7 Å². The zero-order chi connectivity index (χ0) is 14.7. The van der Waals surface area contributed by atoms with E-state index in [4.69, 9.17) is 12.2 Å². The molecule has 0 aliphatic carbocycles. The van der Waals surface area contributed by atoms with Crippen molar-refractivity contribution in [2.75, 3.05) is 5.43 Å². The Kier molecular flexibility index (Phi) is 3.88. The van der Waals surface area contributed by atoms with E-state index in [9.17, 15) is 0 Å². The third-order valence-electron chi connectivity index (χ3n) is 3.41. The highest BCUT2D eigenvalue weighted by Gasteiger charge is 2.10. The van der Waals surface area contributed by atoms with E-state index in [0.717, 1.165) is 23.5 Å². The van der Waals surface area contributed by atoms with E-state index in [-0.39, 0.29) is 0 Å². The summed E-state index contributed by atoms with van der Waals surface area (Å²) in [7, 11) is 0. The minimum absolute atomic E-state index is 0.683. The van der Waals surface area contributed by atoms with Crippen molar-refractivity contribution in [3.05, 3.63) is 76.7 Å². The molecule has 0 bridgehead atoms. The first-order valence-electron chi connectivity index (χ1n) is 6.90. The standard InChI is InChI=1S/C17H17N3S/c1-13-16(15-10-6-3-7-11-15)20(17(21)19-13)18-12-14-8-4-2-5-9-14/h2-11,18H,12H2,1H3,(H,19,21). The van der Waals surface area contributed by atoms with Crippen molar-refractivity contribution in [3.8, 4) is 11.3 Å². The van der Waals surface area contributed by atoms with Crippen LogP contribution < -0.4 is 5.43 Å². The van der Waals surface area contributed by atoms with E-state index < -0.39 is 0 Å². The number of hydrogen-bond acceptors (Lipinski definition) is 2. The topological polar surface area (TPSA) is 32.8 Å². The van der Waals surface area contributed by atoms with Gasteiger partial charge in [-0.15, -0.1) is 0 Å². The fourth-order valence-corrected chi connectivity index (χ4v) is 2.71. The summed E-state index contributed by atoms with van der Waals surface area (Å²) in [6.07, 6.45) is 0. The van der Waals surface area contributed by atoms with Crippen LogP contribution in [-0.2, 0) is 6.54 Å². The minimum Gasteiger partial charge on any atom is -0.333 e. The monoisotopic (exact) mass is 295 g/mol. The Balaban J connectivity index is 1.94. The molecule has 0 radical (unpaired) electrons. The second kappa shape index (κ2) is 5.97. The predicted octanol–water partition coefficient (Wildman–Crippen LogP) is 4.26. The highest BCUT2D eigenvalue weighted by Crippen LogP contribution is 2.22. The van der Waals surface area contributed by atoms with Gasteiger partial charge in [-0.25, -0.2) is 4.68 Å². The lowest BCUT2D eigenvalue weighted by Crippen LogP contribution is -2.15. The van der Waals surface area contributed by atoms with Crippen LogP contribution >= 0.6 is 12.2 Å². The molecule has 0 fully saturated rings. The number of aromatic nitrogens is 2. The summed E-state index contributed by atoms with van der Waals surface area (Å²) < 4.78 is 2.63. The Morgan fingerprint density at radius 1 is 1.00 bits per heavy atom. The van der Waals surface area contributed by atoms with Gasteiger partial charge in [0, 0.05) is 11.3 Å². The molecule has 4 heteroatoms. The predicted molar refractivity (Wildman–Crippen MR) is 89.3 cm³/mol. The molecule has 0 unspecified atom stereocenters. The van der Waals surface area contributed by atoms with E-state index in [0.29, 0.717) is 4.77 Å². The van der Waals surface area contributed by atoms with Crippen molar-refractivity contribution >= 4 is 12.2 Å². The number of benzene rings is 2. The first kappa shape index (κ1) is 13.6. The molecule has 0 atom stereocenters. The Morgan fingerprint density at radius 2 is 1.62 bits per heavy atom. The fourth-order valence-electron chi connectivity index (χ4n) is 2.40. The van der Waals surface area contributed by atoms with Gasteiger partial charge in [0.25, 0.3) is 0 Å². The average Bonchev–Trinajstić information content (AvgIpc) is 2.81. The zero-order valence-electron chi connectivity index (χ0n) is 11.8. The van der Waals surface area contributed by atoms with Gasteiger partial charge < -0.3 is 10.4 Å². The van der Waals surface area contributed by atoms with Crippen LogP contribution in [-0.4, -0.2) is 9.66 Å². The second-order valence-corrected chi connectivity index (χ2v) is 5.31. The minimum atomic E-state index is 0.683. The molecule has 106 valence electrons. The molecule has 1 heterocycles. The molecule has 0 spiro atoms. The van der Waals surface area contributed by atoms with Crippen molar-refractivity contribution < 1.29 is 0 Å². The van der Waals surface area contributed by atoms with Crippen LogP contribution in [0, 0.1) is 11.7 Å². The molecule has 0 aliphatic rings. The third kappa shape index (κ3) is 2.90. The number of nitrogens with zero attached hydrogens (tertiary/aromatic N) is 1. The van der Waals surface area contributed by atoms with Crippen LogP contribution in [0.15, 0.2) is 60.7 Å². The Labute approximate surface area is 129 Å². The van der Waals surface area contributed by atoms with Crippen LogP contribution in [0.5, 0.6) is 0 Å². The van der Waals surface area contributed by atoms with E-state index in [1.54, 1.807) is 0 Å². The molecular weight excluding hydrogens is 278 g/mol. The van der Waals surface area contributed by atoms with Crippen molar-refractivity contribution in [2.24, 2.45) is 0 Å². The lowest BCUT2D eigenvalue weighted by Gasteiger charge is -2.12. The molecule has 3 aromatic rings. The summed E-state index contributed by atoms with van der Waals surface area (Å²) in [6, 6.07) is 20.5. The molecule has 0 saturated carbocycles.